The van der Waals surface area contributed by atoms with Crippen molar-refractivity contribution in [3.63, 3.8) is 0 Å². The third-order valence-electron chi connectivity index (χ3n) is 5.12. The van der Waals surface area contributed by atoms with E-state index in [1.807, 2.05) is 32.0 Å². The van der Waals surface area contributed by atoms with Gasteiger partial charge in [-0.2, -0.15) is 0 Å². The van der Waals surface area contributed by atoms with Crippen molar-refractivity contribution in [3.05, 3.63) is 52.8 Å². The zero-order valence-electron chi connectivity index (χ0n) is 17.0. The highest BCUT2D eigenvalue weighted by atomic mass is 32.2. The van der Waals surface area contributed by atoms with E-state index in [-0.39, 0.29) is 11.8 Å². The largest absolute Gasteiger partial charge is 0.273 e. The van der Waals surface area contributed by atoms with Crippen LogP contribution in [0.4, 0.5) is 0 Å². The summed E-state index contributed by atoms with van der Waals surface area (Å²) < 4.78 is 0. The number of amides is 2. The molecule has 7 heteroatoms. The molecule has 0 spiro atoms. The van der Waals surface area contributed by atoms with Gasteiger partial charge in [0.1, 0.15) is 0 Å². The van der Waals surface area contributed by atoms with E-state index in [4.69, 9.17) is 0 Å². The third kappa shape index (κ3) is 6.85. The fourth-order valence-corrected chi connectivity index (χ4v) is 4.46. The molecular weight excluding hydrogens is 384 g/mol. The maximum atomic E-state index is 12.2. The molecule has 2 aromatic rings. The second kappa shape index (κ2) is 10.4. The monoisotopic (exact) mass is 412 g/mol. The number of rotatable bonds is 7. The molecule has 1 heterocycles. The number of carbonyl (C=O) groups excluding carboxylic acids is 2. The Labute approximate surface area is 176 Å². The smallest absolute Gasteiger partial charge is 0.269 e. The average molecular weight is 413 g/mol. The minimum atomic E-state index is -0.309. The third-order valence-corrected chi connectivity index (χ3v) is 6.03. The molecule has 1 aliphatic carbocycles. The minimum Gasteiger partial charge on any atom is -0.273 e. The molecule has 1 aliphatic rings. The Hall–Kier alpha value is -2.41. The molecule has 2 amide bonds. The minimum absolute atomic E-state index is 0.133. The molecule has 1 aromatic heterocycles. The van der Waals surface area contributed by atoms with Crippen LogP contribution in [0.3, 0.4) is 0 Å². The topological polar surface area (TPSA) is 84.0 Å². The number of benzene rings is 1. The summed E-state index contributed by atoms with van der Waals surface area (Å²) in [5.74, 6) is 0.946. The highest BCUT2D eigenvalue weighted by Gasteiger charge is 2.16. The van der Waals surface area contributed by atoms with Gasteiger partial charge in [-0.15, -0.1) is 0 Å². The number of nitrogens with zero attached hydrogens (tertiary/aromatic N) is 2. The van der Waals surface area contributed by atoms with Gasteiger partial charge in [0.2, 0.25) is 5.91 Å². The number of hydrazine groups is 1. The first kappa shape index (κ1) is 21.3. The van der Waals surface area contributed by atoms with Crippen molar-refractivity contribution in [1.29, 1.82) is 0 Å². The van der Waals surface area contributed by atoms with Crippen molar-refractivity contribution >= 4 is 23.6 Å². The van der Waals surface area contributed by atoms with Crippen LogP contribution in [0.5, 0.6) is 0 Å². The van der Waals surface area contributed by atoms with E-state index in [1.165, 1.54) is 25.7 Å². The van der Waals surface area contributed by atoms with Crippen LogP contribution in [0.25, 0.3) is 0 Å². The fourth-order valence-electron chi connectivity index (χ4n) is 3.55. The molecule has 154 valence electrons. The predicted octanol–water partition coefficient (Wildman–Crippen LogP) is 4.12. The highest BCUT2D eigenvalue weighted by Crippen LogP contribution is 2.28. The van der Waals surface area contributed by atoms with Gasteiger partial charge < -0.3 is 0 Å². The van der Waals surface area contributed by atoms with E-state index < -0.39 is 0 Å². The van der Waals surface area contributed by atoms with Crippen LogP contribution in [0.1, 0.15) is 65.8 Å². The molecule has 0 aliphatic heterocycles. The Balaban J connectivity index is 1.42. The zero-order chi connectivity index (χ0) is 20.6. The van der Waals surface area contributed by atoms with E-state index in [2.05, 4.69) is 20.8 Å². The van der Waals surface area contributed by atoms with E-state index in [0.717, 1.165) is 34.3 Å². The summed E-state index contributed by atoms with van der Waals surface area (Å²) >= 11 is 1.57. The van der Waals surface area contributed by atoms with Gasteiger partial charge in [-0.1, -0.05) is 49.6 Å². The van der Waals surface area contributed by atoms with Crippen LogP contribution in [-0.4, -0.2) is 21.8 Å². The van der Waals surface area contributed by atoms with E-state index in [0.29, 0.717) is 17.9 Å². The average Bonchev–Trinajstić information content (AvgIpc) is 3.22. The lowest BCUT2D eigenvalue weighted by Gasteiger charge is -2.10. The number of aryl methyl sites for hydroxylation is 2. The second-order valence-corrected chi connectivity index (χ2v) is 8.55. The van der Waals surface area contributed by atoms with Crippen molar-refractivity contribution < 1.29 is 9.59 Å². The van der Waals surface area contributed by atoms with Crippen LogP contribution in [0, 0.1) is 19.8 Å². The van der Waals surface area contributed by atoms with Crippen LogP contribution in [0.2, 0.25) is 0 Å². The molecule has 1 fully saturated rings. The fraction of sp³-hybridized carbons (Fsp3) is 0.455. The van der Waals surface area contributed by atoms with E-state index in [9.17, 15) is 9.59 Å². The SMILES string of the molecule is Cc1cc(C)nc(SCc2ccc(C(=O)NNC(=O)CCC3CCCC3)cc2)n1. The first-order chi connectivity index (χ1) is 14.0. The molecule has 0 unspecified atom stereocenters. The van der Waals surface area contributed by atoms with Crippen molar-refractivity contribution in [2.24, 2.45) is 5.92 Å². The molecule has 29 heavy (non-hydrogen) atoms. The normalized spacial score (nSPS) is 14.0. The van der Waals surface area contributed by atoms with Gasteiger partial charge in [0.25, 0.3) is 5.91 Å². The number of carbonyl (C=O) groups is 2. The molecule has 2 N–H and O–H groups in total. The van der Waals surface area contributed by atoms with Gasteiger partial charge in [0, 0.05) is 29.1 Å². The molecule has 0 radical (unpaired) electrons. The quantitative estimate of drug-likeness (QED) is 0.406. The first-order valence-corrected chi connectivity index (χ1v) is 11.1. The predicted molar refractivity (Wildman–Crippen MR) is 114 cm³/mol. The number of hydrogen-bond donors (Lipinski definition) is 2. The van der Waals surface area contributed by atoms with Crippen LogP contribution in [0.15, 0.2) is 35.5 Å². The maximum absolute atomic E-state index is 12.2. The van der Waals surface area contributed by atoms with Crippen molar-refractivity contribution in [2.45, 2.75) is 63.3 Å². The summed E-state index contributed by atoms with van der Waals surface area (Å²) in [4.78, 5) is 33.0. The standard InChI is InChI=1S/C22H28N4O2S/c1-15-13-16(2)24-22(23-15)29-14-18-7-10-19(11-8-18)21(28)26-25-20(27)12-9-17-5-3-4-6-17/h7-8,10-11,13,17H,3-6,9,12,14H2,1-2H3,(H,25,27)(H,26,28). The Morgan fingerprint density at radius 1 is 1.03 bits per heavy atom. The Morgan fingerprint density at radius 2 is 1.69 bits per heavy atom. The summed E-state index contributed by atoms with van der Waals surface area (Å²) in [7, 11) is 0. The highest BCUT2D eigenvalue weighted by molar-refractivity contribution is 7.98. The lowest BCUT2D eigenvalue weighted by molar-refractivity contribution is -0.122. The summed E-state index contributed by atoms with van der Waals surface area (Å²) in [5, 5.41) is 0.754. The number of aromatic nitrogens is 2. The molecule has 0 saturated heterocycles. The summed E-state index contributed by atoms with van der Waals surface area (Å²) in [6.07, 6.45) is 6.35. The van der Waals surface area contributed by atoms with Crippen molar-refractivity contribution in [3.8, 4) is 0 Å². The maximum Gasteiger partial charge on any atom is 0.269 e. The Kier molecular flexibility index (Phi) is 7.63. The van der Waals surface area contributed by atoms with Crippen LogP contribution < -0.4 is 10.9 Å². The molecule has 1 aromatic carbocycles. The van der Waals surface area contributed by atoms with Gasteiger partial charge in [-0.25, -0.2) is 9.97 Å². The van der Waals surface area contributed by atoms with Gasteiger partial charge in [0.15, 0.2) is 5.16 Å². The summed E-state index contributed by atoms with van der Waals surface area (Å²) in [6.45, 7) is 3.92. The van der Waals surface area contributed by atoms with Crippen LogP contribution in [-0.2, 0) is 10.5 Å². The van der Waals surface area contributed by atoms with Crippen LogP contribution >= 0.6 is 11.8 Å². The van der Waals surface area contributed by atoms with Crippen molar-refractivity contribution in [1.82, 2.24) is 20.8 Å². The second-order valence-electron chi connectivity index (χ2n) is 7.61. The number of nitrogens with one attached hydrogen (secondary N) is 2. The molecule has 0 atom stereocenters. The molecule has 1 saturated carbocycles. The first-order valence-electron chi connectivity index (χ1n) is 10.1. The summed E-state index contributed by atoms with van der Waals surface area (Å²) in [6, 6.07) is 9.29. The lowest BCUT2D eigenvalue weighted by atomic mass is 10.0. The lowest BCUT2D eigenvalue weighted by Crippen LogP contribution is -2.41. The summed E-state index contributed by atoms with van der Waals surface area (Å²) in [5.41, 5.74) is 8.52. The number of thioether (sulfide) groups is 1. The molecule has 3 rings (SSSR count). The molecular formula is C22H28N4O2S. The van der Waals surface area contributed by atoms with Gasteiger partial charge in [-0.3, -0.25) is 20.4 Å². The Morgan fingerprint density at radius 3 is 2.34 bits per heavy atom. The Bertz CT molecular complexity index is 828. The zero-order valence-corrected chi connectivity index (χ0v) is 17.8. The molecule has 6 nitrogen and oxygen atoms in total. The van der Waals surface area contributed by atoms with Gasteiger partial charge in [0.05, 0.1) is 0 Å². The van der Waals surface area contributed by atoms with Gasteiger partial charge >= 0.3 is 0 Å². The van der Waals surface area contributed by atoms with Gasteiger partial charge in [-0.05, 0) is 49.9 Å². The number of hydrogen-bond acceptors (Lipinski definition) is 5. The van der Waals surface area contributed by atoms with E-state index in [1.54, 1.807) is 23.9 Å². The molecule has 0 bridgehead atoms. The van der Waals surface area contributed by atoms with Crippen molar-refractivity contribution in [2.75, 3.05) is 0 Å². The van der Waals surface area contributed by atoms with E-state index >= 15 is 0 Å².